The van der Waals surface area contributed by atoms with Crippen LogP contribution in [0, 0.1) is 0 Å². The number of ketones is 2. The van der Waals surface area contributed by atoms with E-state index in [-0.39, 0.29) is 24.4 Å². The minimum absolute atomic E-state index is 0.0501. The summed E-state index contributed by atoms with van der Waals surface area (Å²) in [4.78, 5) is 47.2. The lowest BCUT2D eigenvalue weighted by Crippen LogP contribution is -2.38. The highest BCUT2D eigenvalue weighted by Gasteiger charge is 2.29. The fraction of sp³-hybridized carbons (Fsp3) is 0.294. The Morgan fingerprint density at radius 3 is 2.26 bits per heavy atom. The molecule has 6 heteroatoms. The number of carboxylic acid groups (broad SMARTS) is 1. The molecule has 0 spiro atoms. The SMILES string of the molecule is CC1=C(CCC(=O)NC(C)C(=O)O)C(=O)c2ccccc2C1=O. The van der Waals surface area contributed by atoms with Gasteiger partial charge in [0.15, 0.2) is 11.6 Å². The number of hydrogen-bond donors (Lipinski definition) is 2. The molecule has 1 aliphatic rings. The molecule has 1 aliphatic carbocycles. The average molecular weight is 315 g/mol. The van der Waals surface area contributed by atoms with Crippen molar-refractivity contribution in [2.24, 2.45) is 0 Å². The third-order valence-electron chi connectivity index (χ3n) is 3.83. The summed E-state index contributed by atoms with van der Waals surface area (Å²) in [5.41, 5.74) is 1.37. The lowest BCUT2D eigenvalue weighted by atomic mass is 9.83. The first-order valence-corrected chi connectivity index (χ1v) is 7.23. The molecule has 1 amide bonds. The van der Waals surface area contributed by atoms with Crippen molar-refractivity contribution in [3.63, 3.8) is 0 Å². The van der Waals surface area contributed by atoms with Gasteiger partial charge in [-0.1, -0.05) is 24.3 Å². The molecule has 23 heavy (non-hydrogen) atoms. The van der Waals surface area contributed by atoms with E-state index in [1.165, 1.54) is 6.92 Å². The molecule has 6 nitrogen and oxygen atoms in total. The maximum Gasteiger partial charge on any atom is 0.325 e. The Bertz CT molecular complexity index is 732. The van der Waals surface area contributed by atoms with Crippen molar-refractivity contribution in [2.45, 2.75) is 32.7 Å². The Morgan fingerprint density at radius 2 is 1.70 bits per heavy atom. The van der Waals surface area contributed by atoms with E-state index in [4.69, 9.17) is 5.11 Å². The van der Waals surface area contributed by atoms with Crippen LogP contribution >= 0.6 is 0 Å². The lowest BCUT2D eigenvalue weighted by molar-refractivity contribution is -0.141. The van der Waals surface area contributed by atoms with Crippen LogP contribution in [0.25, 0.3) is 0 Å². The van der Waals surface area contributed by atoms with Crippen molar-refractivity contribution in [1.29, 1.82) is 0 Å². The fourth-order valence-electron chi connectivity index (χ4n) is 2.47. The van der Waals surface area contributed by atoms with Crippen molar-refractivity contribution >= 4 is 23.4 Å². The lowest BCUT2D eigenvalue weighted by Gasteiger charge is -2.19. The minimum atomic E-state index is -1.13. The van der Waals surface area contributed by atoms with Crippen LogP contribution in [0.5, 0.6) is 0 Å². The molecule has 0 radical (unpaired) electrons. The van der Waals surface area contributed by atoms with E-state index < -0.39 is 17.9 Å². The van der Waals surface area contributed by atoms with Gasteiger partial charge in [0.05, 0.1) is 0 Å². The van der Waals surface area contributed by atoms with Gasteiger partial charge < -0.3 is 10.4 Å². The summed E-state index contributed by atoms with van der Waals surface area (Å²) in [5.74, 6) is -2.07. The number of nitrogens with one attached hydrogen (secondary N) is 1. The Balaban J connectivity index is 2.13. The molecule has 1 atom stereocenters. The summed E-state index contributed by atoms with van der Waals surface area (Å²) < 4.78 is 0. The van der Waals surface area contributed by atoms with Gasteiger partial charge in [-0.2, -0.15) is 0 Å². The molecule has 0 bridgehead atoms. The highest BCUT2D eigenvalue weighted by Crippen LogP contribution is 2.28. The quantitative estimate of drug-likeness (QED) is 0.862. The number of rotatable bonds is 5. The molecule has 2 rings (SSSR count). The first-order chi connectivity index (χ1) is 10.8. The molecule has 0 saturated carbocycles. The maximum absolute atomic E-state index is 12.5. The normalized spacial score (nSPS) is 15.2. The van der Waals surface area contributed by atoms with E-state index in [0.29, 0.717) is 22.3 Å². The number of fused-ring (bicyclic) bond motifs is 1. The zero-order valence-electron chi connectivity index (χ0n) is 12.9. The number of carbonyl (C=O) groups excluding carboxylic acids is 3. The molecule has 0 aromatic heterocycles. The molecule has 0 fully saturated rings. The zero-order chi connectivity index (χ0) is 17.1. The van der Waals surface area contributed by atoms with Gasteiger partial charge in [0.1, 0.15) is 6.04 Å². The summed E-state index contributed by atoms with van der Waals surface area (Å²) in [6, 6.07) is 5.58. The molecule has 0 heterocycles. The van der Waals surface area contributed by atoms with Crippen LogP contribution in [-0.4, -0.2) is 34.6 Å². The monoisotopic (exact) mass is 315 g/mol. The molecular weight excluding hydrogens is 298 g/mol. The first kappa shape index (κ1) is 16.6. The standard InChI is InChI=1S/C17H17NO5/c1-9-11(7-8-14(19)18-10(2)17(22)23)16(21)13-6-4-3-5-12(13)15(9)20/h3-6,10H,7-8H2,1-2H3,(H,18,19)(H,22,23). The Hall–Kier alpha value is -2.76. The Labute approximate surface area is 133 Å². The van der Waals surface area contributed by atoms with Gasteiger partial charge in [0, 0.05) is 28.7 Å². The van der Waals surface area contributed by atoms with Gasteiger partial charge in [-0.25, -0.2) is 0 Å². The van der Waals surface area contributed by atoms with Gasteiger partial charge in [0.2, 0.25) is 5.91 Å². The number of Topliss-reactive ketones (excluding diaryl/α,β-unsaturated/α-hetero) is 2. The molecule has 120 valence electrons. The fourth-order valence-corrected chi connectivity index (χ4v) is 2.47. The van der Waals surface area contributed by atoms with Crippen LogP contribution in [0.15, 0.2) is 35.4 Å². The number of amides is 1. The molecule has 0 aliphatic heterocycles. The van der Waals surface area contributed by atoms with Crippen molar-refractivity contribution in [1.82, 2.24) is 5.32 Å². The third kappa shape index (κ3) is 3.36. The van der Waals surface area contributed by atoms with E-state index >= 15 is 0 Å². The van der Waals surface area contributed by atoms with Crippen LogP contribution in [-0.2, 0) is 9.59 Å². The number of hydrogen-bond acceptors (Lipinski definition) is 4. The van der Waals surface area contributed by atoms with Crippen LogP contribution < -0.4 is 5.32 Å². The highest BCUT2D eigenvalue weighted by atomic mass is 16.4. The van der Waals surface area contributed by atoms with Crippen LogP contribution in [0.3, 0.4) is 0 Å². The maximum atomic E-state index is 12.5. The number of carbonyl (C=O) groups is 4. The van der Waals surface area contributed by atoms with Gasteiger partial charge in [0.25, 0.3) is 0 Å². The second-order valence-corrected chi connectivity index (χ2v) is 5.43. The summed E-state index contributed by atoms with van der Waals surface area (Å²) in [5, 5.41) is 11.1. The Morgan fingerprint density at radius 1 is 1.13 bits per heavy atom. The van der Waals surface area contributed by atoms with Crippen molar-refractivity contribution < 1.29 is 24.3 Å². The van der Waals surface area contributed by atoms with Gasteiger partial charge in [-0.15, -0.1) is 0 Å². The smallest absolute Gasteiger partial charge is 0.325 e. The van der Waals surface area contributed by atoms with E-state index in [1.54, 1.807) is 31.2 Å². The number of carboxylic acids is 1. The van der Waals surface area contributed by atoms with Gasteiger partial charge >= 0.3 is 5.97 Å². The molecule has 1 aromatic carbocycles. The highest BCUT2D eigenvalue weighted by molar-refractivity contribution is 6.26. The van der Waals surface area contributed by atoms with Crippen molar-refractivity contribution in [3.8, 4) is 0 Å². The summed E-state index contributed by atoms with van der Waals surface area (Å²) >= 11 is 0. The van der Waals surface area contributed by atoms with Crippen molar-refractivity contribution in [2.75, 3.05) is 0 Å². The summed E-state index contributed by atoms with van der Waals surface area (Å²) in [6.45, 7) is 2.93. The first-order valence-electron chi connectivity index (χ1n) is 7.23. The number of allylic oxidation sites excluding steroid dienone is 2. The van der Waals surface area contributed by atoms with E-state index in [2.05, 4.69) is 5.32 Å². The van der Waals surface area contributed by atoms with E-state index in [0.717, 1.165) is 0 Å². The molecule has 1 unspecified atom stereocenters. The minimum Gasteiger partial charge on any atom is -0.480 e. The van der Waals surface area contributed by atoms with Crippen LogP contribution in [0.1, 0.15) is 47.4 Å². The summed E-state index contributed by atoms with van der Waals surface area (Å²) in [7, 11) is 0. The molecule has 0 saturated heterocycles. The molecule has 1 aromatic rings. The predicted octanol–water partition coefficient (Wildman–Crippen LogP) is 1.75. The van der Waals surface area contributed by atoms with E-state index in [1.807, 2.05) is 0 Å². The largest absolute Gasteiger partial charge is 0.480 e. The van der Waals surface area contributed by atoms with Gasteiger partial charge in [-0.05, 0) is 20.3 Å². The summed E-state index contributed by atoms with van der Waals surface area (Å²) in [6.07, 6.45) is 0.0500. The second kappa shape index (κ2) is 6.56. The van der Waals surface area contributed by atoms with Crippen LogP contribution in [0.4, 0.5) is 0 Å². The number of benzene rings is 1. The van der Waals surface area contributed by atoms with Crippen molar-refractivity contribution in [3.05, 3.63) is 46.5 Å². The third-order valence-corrected chi connectivity index (χ3v) is 3.83. The average Bonchev–Trinajstić information content (AvgIpc) is 2.52. The topological polar surface area (TPSA) is 101 Å². The van der Waals surface area contributed by atoms with E-state index in [9.17, 15) is 19.2 Å². The Kier molecular flexibility index (Phi) is 4.74. The number of aliphatic carboxylic acids is 1. The van der Waals surface area contributed by atoms with Crippen LogP contribution in [0.2, 0.25) is 0 Å². The predicted molar refractivity (Wildman–Crippen MR) is 82.3 cm³/mol. The molecular formula is C17H17NO5. The zero-order valence-corrected chi connectivity index (χ0v) is 12.9. The second-order valence-electron chi connectivity index (χ2n) is 5.43. The molecule has 2 N–H and O–H groups in total. The van der Waals surface area contributed by atoms with Gasteiger partial charge in [-0.3, -0.25) is 19.2 Å².